The van der Waals surface area contributed by atoms with Crippen molar-refractivity contribution in [1.29, 1.82) is 0 Å². The lowest BCUT2D eigenvalue weighted by molar-refractivity contribution is 0.171. The summed E-state index contributed by atoms with van der Waals surface area (Å²) in [5.74, 6) is 2.19. The summed E-state index contributed by atoms with van der Waals surface area (Å²) >= 11 is 0. The average molecular weight is 297 g/mol. The molecule has 0 radical (unpaired) electrons. The van der Waals surface area contributed by atoms with E-state index in [1.165, 1.54) is 16.7 Å². The maximum atomic E-state index is 6.36. The van der Waals surface area contributed by atoms with Gasteiger partial charge in [0.25, 0.3) is 0 Å². The Morgan fingerprint density at radius 2 is 1.55 bits per heavy atom. The fourth-order valence-corrected chi connectivity index (χ4v) is 2.71. The van der Waals surface area contributed by atoms with Crippen molar-refractivity contribution in [2.75, 3.05) is 13.2 Å². The van der Waals surface area contributed by atoms with Gasteiger partial charge in [-0.1, -0.05) is 44.2 Å². The average Bonchev–Trinajstić information content (AvgIpc) is 2.55. The van der Waals surface area contributed by atoms with Gasteiger partial charge in [-0.25, -0.2) is 0 Å². The Labute approximate surface area is 132 Å². The van der Waals surface area contributed by atoms with Gasteiger partial charge in [-0.05, 0) is 41.2 Å². The van der Waals surface area contributed by atoms with Crippen LogP contribution in [0.25, 0.3) is 0 Å². The summed E-state index contributed by atoms with van der Waals surface area (Å²) in [4.78, 5) is 0. The Morgan fingerprint density at radius 1 is 0.909 bits per heavy atom. The third-order valence-corrected chi connectivity index (χ3v) is 4.09. The van der Waals surface area contributed by atoms with E-state index in [1.54, 1.807) is 0 Å². The highest BCUT2D eigenvalue weighted by molar-refractivity contribution is 5.44. The van der Waals surface area contributed by atoms with Crippen LogP contribution in [0.5, 0.6) is 11.5 Å². The van der Waals surface area contributed by atoms with Crippen LogP contribution >= 0.6 is 0 Å². The maximum Gasteiger partial charge on any atom is 0.161 e. The Bertz CT molecular complexity index is 634. The van der Waals surface area contributed by atoms with Gasteiger partial charge in [0.1, 0.15) is 13.2 Å². The van der Waals surface area contributed by atoms with Gasteiger partial charge >= 0.3 is 0 Å². The lowest BCUT2D eigenvalue weighted by Crippen LogP contribution is -2.16. The zero-order valence-corrected chi connectivity index (χ0v) is 13.2. The quantitative estimate of drug-likeness (QED) is 0.933. The molecule has 0 aromatic heterocycles. The molecule has 0 aliphatic carbocycles. The second-order valence-electron chi connectivity index (χ2n) is 6.11. The zero-order chi connectivity index (χ0) is 15.5. The Hall–Kier alpha value is -2.00. The third kappa shape index (κ3) is 3.25. The predicted octanol–water partition coefficient (Wildman–Crippen LogP) is 3.82. The molecular weight excluding hydrogens is 274 g/mol. The first kappa shape index (κ1) is 14.9. The lowest BCUT2D eigenvalue weighted by atomic mass is 9.96. The van der Waals surface area contributed by atoms with Crippen LogP contribution in [0, 0.1) is 0 Å². The Kier molecular flexibility index (Phi) is 4.34. The molecule has 1 aliphatic heterocycles. The van der Waals surface area contributed by atoms with Gasteiger partial charge in [-0.3, -0.25) is 0 Å². The highest BCUT2D eigenvalue weighted by atomic mass is 16.6. The molecular formula is C19H23NO2. The van der Waals surface area contributed by atoms with Crippen molar-refractivity contribution in [1.82, 2.24) is 0 Å². The van der Waals surface area contributed by atoms with E-state index in [2.05, 4.69) is 44.2 Å². The van der Waals surface area contributed by atoms with Crippen LogP contribution in [0.15, 0.2) is 42.5 Å². The molecule has 22 heavy (non-hydrogen) atoms. The standard InChI is InChI=1S/C19H23NO2/c1-13(2)15-4-6-16(7-5-15)17(20)11-14-3-8-18-19(12-14)22-10-9-21-18/h3-8,12-13,17H,9-11,20H2,1-2H3. The van der Waals surface area contributed by atoms with Crippen molar-refractivity contribution >= 4 is 0 Å². The van der Waals surface area contributed by atoms with Crippen molar-refractivity contribution in [3.05, 3.63) is 59.2 Å². The van der Waals surface area contributed by atoms with Crippen molar-refractivity contribution < 1.29 is 9.47 Å². The number of ether oxygens (including phenoxy) is 2. The van der Waals surface area contributed by atoms with Crippen LogP contribution in [-0.4, -0.2) is 13.2 Å². The summed E-state index contributed by atoms with van der Waals surface area (Å²) in [7, 11) is 0. The highest BCUT2D eigenvalue weighted by Gasteiger charge is 2.14. The predicted molar refractivity (Wildman–Crippen MR) is 88.6 cm³/mol. The monoisotopic (exact) mass is 297 g/mol. The molecule has 0 saturated carbocycles. The van der Waals surface area contributed by atoms with Crippen LogP contribution in [0.3, 0.4) is 0 Å². The van der Waals surface area contributed by atoms with Crippen LogP contribution in [0.2, 0.25) is 0 Å². The fourth-order valence-electron chi connectivity index (χ4n) is 2.71. The summed E-state index contributed by atoms with van der Waals surface area (Å²) in [6.07, 6.45) is 0.789. The first-order valence-electron chi connectivity index (χ1n) is 7.87. The number of fused-ring (bicyclic) bond motifs is 1. The van der Waals surface area contributed by atoms with Crippen molar-refractivity contribution in [3.8, 4) is 11.5 Å². The normalized spacial score (nSPS) is 14.9. The number of hydrogen-bond acceptors (Lipinski definition) is 3. The molecule has 1 unspecified atom stereocenters. The van der Waals surface area contributed by atoms with Crippen molar-refractivity contribution in [3.63, 3.8) is 0 Å². The van der Waals surface area contributed by atoms with Gasteiger partial charge in [0.05, 0.1) is 0 Å². The minimum Gasteiger partial charge on any atom is -0.486 e. The Balaban J connectivity index is 1.72. The van der Waals surface area contributed by atoms with Gasteiger partial charge in [0, 0.05) is 6.04 Å². The van der Waals surface area contributed by atoms with E-state index in [0.717, 1.165) is 17.9 Å². The molecule has 3 rings (SSSR count). The van der Waals surface area contributed by atoms with Crippen molar-refractivity contribution in [2.45, 2.75) is 32.2 Å². The molecule has 2 aromatic rings. The van der Waals surface area contributed by atoms with E-state index in [-0.39, 0.29) is 6.04 Å². The number of benzene rings is 2. The summed E-state index contributed by atoms with van der Waals surface area (Å²) in [5, 5.41) is 0. The molecule has 0 spiro atoms. The summed E-state index contributed by atoms with van der Waals surface area (Å²) < 4.78 is 11.2. The molecule has 1 aliphatic rings. The number of hydrogen-bond donors (Lipinski definition) is 1. The first-order chi connectivity index (χ1) is 10.6. The first-order valence-corrected chi connectivity index (χ1v) is 7.87. The molecule has 0 fully saturated rings. The maximum absolute atomic E-state index is 6.36. The van der Waals surface area contributed by atoms with Crippen molar-refractivity contribution in [2.24, 2.45) is 5.73 Å². The van der Waals surface area contributed by atoms with Gasteiger partial charge in [0.2, 0.25) is 0 Å². The van der Waals surface area contributed by atoms with Crippen LogP contribution in [0.4, 0.5) is 0 Å². The molecule has 1 heterocycles. The topological polar surface area (TPSA) is 44.5 Å². The molecule has 0 saturated heterocycles. The van der Waals surface area contributed by atoms with E-state index >= 15 is 0 Å². The second kappa shape index (κ2) is 6.41. The van der Waals surface area contributed by atoms with E-state index in [0.29, 0.717) is 19.1 Å². The van der Waals surface area contributed by atoms with E-state index in [1.807, 2.05) is 12.1 Å². The molecule has 3 heteroatoms. The third-order valence-electron chi connectivity index (χ3n) is 4.09. The van der Waals surface area contributed by atoms with Gasteiger partial charge in [-0.15, -0.1) is 0 Å². The van der Waals surface area contributed by atoms with E-state index in [9.17, 15) is 0 Å². The second-order valence-corrected chi connectivity index (χ2v) is 6.11. The Morgan fingerprint density at radius 3 is 2.23 bits per heavy atom. The molecule has 2 aromatic carbocycles. The van der Waals surface area contributed by atoms with Gasteiger partial charge < -0.3 is 15.2 Å². The fraction of sp³-hybridized carbons (Fsp3) is 0.368. The summed E-state index contributed by atoms with van der Waals surface area (Å²) in [6.45, 7) is 5.63. The molecule has 116 valence electrons. The minimum absolute atomic E-state index is 0.0104. The van der Waals surface area contributed by atoms with Crippen LogP contribution in [0.1, 0.15) is 42.5 Å². The lowest BCUT2D eigenvalue weighted by Gasteiger charge is -2.20. The van der Waals surface area contributed by atoms with Gasteiger partial charge in [0.15, 0.2) is 11.5 Å². The van der Waals surface area contributed by atoms with Gasteiger partial charge in [-0.2, -0.15) is 0 Å². The largest absolute Gasteiger partial charge is 0.486 e. The smallest absolute Gasteiger partial charge is 0.161 e. The molecule has 0 bridgehead atoms. The van der Waals surface area contributed by atoms with E-state index < -0.39 is 0 Å². The molecule has 0 amide bonds. The molecule has 2 N–H and O–H groups in total. The zero-order valence-electron chi connectivity index (χ0n) is 13.2. The summed E-state index contributed by atoms with van der Waals surface area (Å²) in [5.41, 5.74) is 10.0. The minimum atomic E-state index is -0.0104. The van der Waals surface area contributed by atoms with Crippen LogP contribution in [-0.2, 0) is 6.42 Å². The van der Waals surface area contributed by atoms with E-state index in [4.69, 9.17) is 15.2 Å². The van der Waals surface area contributed by atoms with Crippen LogP contribution < -0.4 is 15.2 Å². The number of nitrogens with two attached hydrogens (primary N) is 1. The molecule has 3 nitrogen and oxygen atoms in total. The highest BCUT2D eigenvalue weighted by Crippen LogP contribution is 2.32. The molecule has 1 atom stereocenters. The SMILES string of the molecule is CC(C)c1ccc(C(N)Cc2ccc3c(c2)OCCO3)cc1. The summed E-state index contributed by atoms with van der Waals surface area (Å²) in [6, 6.07) is 14.7. The number of rotatable bonds is 4.